The van der Waals surface area contributed by atoms with Gasteiger partial charge in [0.15, 0.2) is 0 Å². The molecule has 0 aromatic carbocycles. The second-order valence-corrected chi connectivity index (χ2v) is 5.86. The molecule has 0 atom stereocenters. The van der Waals surface area contributed by atoms with Crippen molar-refractivity contribution in [3.8, 4) is 0 Å². The molecule has 25 heavy (non-hydrogen) atoms. The lowest BCUT2D eigenvalue weighted by atomic mass is 10.0. The topological polar surface area (TPSA) is 192 Å². The first kappa shape index (κ1) is 23.7. The largest absolute Gasteiger partial charge is 0.394 e. The number of hydrogen-bond acceptors (Lipinski definition) is 9. The molecule has 0 saturated heterocycles. The second-order valence-electron chi connectivity index (χ2n) is 5.86. The van der Waals surface area contributed by atoms with Gasteiger partial charge in [0.05, 0.1) is 39.6 Å². The van der Waals surface area contributed by atoms with E-state index in [-0.39, 0.29) is 25.9 Å². The number of carbonyl (C=O) groups is 2. The predicted octanol–water partition coefficient (Wildman–Crippen LogP) is -4.98. The Morgan fingerprint density at radius 2 is 0.880 bits per heavy atom. The minimum absolute atomic E-state index is 0.00275. The van der Waals surface area contributed by atoms with Crippen LogP contribution >= 0.6 is 0 Å². The van der Waals surface area contributed by atoms with Crippen LogP contribution in [-0.4, -0.2) is 106 Å². The van der Waals surface area contributed by atoms with E-state index in [9.17, 15) is 9.59 Å². The van der Waals surface area contributed by atoms with Crippen LogP contribution in [0.2, 0.25) is 0 Å². The third-order valence-electron chi connectivity index (χ3n) is 3.68. The number of hydrogen-bond donors (Lipinski definition) is 9. The molecule has 0 unspecified atom stereocenters. The maximum Gasteiger partial charge on any atom is 0.221 e. The summed E-state index contributed by atoms with van der Waals surface area (Å²) in [5.41, 5.74) is -2.95. The van der Waals surface area contributed by atoms with Crippen molar-refractivity contribution in [1.82, 2.24) is 16.0 Å². The van der Waals surface area contributed by atoms with Crippen molar-refractivity contribution in [3.05, 3.63) is 0 Å². The molecule has 0 aromatic rings. The predicted molar refractivity (Wildman–Crippen MR) is 86.4 cm³/mol. The molecule has 0 aliphatic heterocycles. The van der Waals surface area contributed by atoms with E-state index >= 15 is 0 Å². The van der Waals surface area contributed by atoms with Gasteiger partial charge < -0.3 is 46.6 Å². The highest BCUT2D eigenvalue weighted by molar-refractivity contribution is 5.77. The molecule has 0 bridgehead atoms. The van der Waals surface area contributed by atoms with Gasteiger partial charge in [-0.1, -0.05) is 0 Å². The lowest BCUT2D eigenvalue weighted by molar-refractivity contribution is -0.125. The zero-order valence-electron chi connectivity index (χ0n) is 14.1. The summed E-state index contributed by atoms with van der Waals surface area (Å²) in [5.74, 6) is -0.983. The zero-order valence-corrected chi connectivity index (χ0v) is 14.1. The Hall–Kier alpha value is -1.34. The first-order chi connectivity index (χ1) is 11.9. The molecule has 0 heterocycles. The van der Waals surface area contributed by atoms with Crippen LogP contribution in [0.25, 0.3) is 0 Å². The lowest BCUT2D eigenvalue weighted by Gasteiger charge is -2.29. The van der Waals surface area contributed by atoms with Gasteiger partial charge >= 0.3 is 0 Å². The molecular formula is C14H29N3O8. The van der Waals surface area contributed by atoms with Gasteiger partial charge in [-0.05, 0) is 0 Å². The van der Waals surface area contributed by atoms with Crippen LogP contribution in [0.15, 0.2) is 0 Å². The Morgan fingerprint density at radius 3 is 1.12 bits per heavy atom. The van der Waals surface area contributed by atoms with Crippen LogP contribution in [0.3, 0.4) is 0 Å². The number of carbonyl (C=O) groups excluding carboxylic acids is 2. The normalized spacial score (nSPS) is 12.1. The van der Waals surface area contributed by atoms with E-state index in [1.807, 2.05) is 0 Å². The van der Waals surface area contributed by atoms with Crippen LogP contribution in [0.5, 0.6) is 0 Å². The minimum Gasteiger partial charge on any atom is -0.394 e. The fraction of sp³-hybridized carbons (Fsp3) is 0.857. The van der Waals surface area contributed by atoms with Crippen molar-refractivity contribution in [3.63, 3.8) is 0 Å². The molecule has 0 rings (SSSR count). The number of aliphatic hydroxyl groups excluding tert-OH is 6. The van der Waals surface area contributed by atoms with E-state index in [4.69, 9.17) is 30.6 Å². The van der Waals surface area contributed by atoms with Gasteiger partial charge in [0, 0.05) is 25.9 Å². The highest BCUT2D eigenvalue weighted by atomic mass is 16.3. The zero-order chi connectivity index (χ0) is 19.3. The number of rotatable bonds is 14. The third-order valence-corrected chi connectivity index (χ3v) is 3.68. The molecule has 9 N–H and O–H groups in total. The Balaban J connectivity index is 4.06. The Bertz CT molecular complexity index is 347. The quantitative estimate of drug-likeness (QED) is 0.135. The molecule has 0 saturated carbocycles. The fourth-order valence-corrected chi connectivity index (χ4v) is 1.78. The molecule has 11 nitrogen and oxygen atoms in total. The van der Waals surface area contributed by atoms with Crippen molar-refractivity contribution in [2.75, 3.05) is 52.7 Å². The monoisotopic (exact) mass is 367 g/mol. The number of aliphatic hydroxyl groups is 6. The summed E-state index contributed by atoms with van der Waals surface area (Å²) < 4.78 is 0. The van der Waals surface area contributed by atoms with Gasteiger partial charge in [-0.2, -0.15) is 0 Å². The van der Waals surface area contributed by atoms with E-state index in [0.717, 1.165) is 0 Å². The van der Waals surface area contributed by atoms with Gasteiger partial charge in [-0.3, -0.25) is 9.59 Å². The average molecular weight is 367 g/mol. The van der Waals surface area contributed by atoms with Crippen molar-refractivity contribution >= 4 is 11.8 Å². The van der Waals surface area contributed by atoms with Crippen LogP contribution < -0.4 is 16.0 Å². The highest BCUT2D eigenvalue weighted by Gasteiger charge is 2.30. The third kappa shape index (κ3) is 8.05. The van der Waals surface area contributed by atoms with E-state index in [1.165, 1.54) is 0 Å². The highest BCUT2D eigenvalue weighted by Crippen LogP contribution is 2.03. The number of nitrogens with one attached hydrogen (secondary N) is 3. The Kier molecular flexibility index (Phi) is 11.4. The second kappa shape index (κ2) is 12.1. The number of amides is 2. The van der Waals surface area contributed by atoms with Gasteiger partial charge in [-0.25, -0.2) is 0 Å². The minimum atomic E-state index is -1.47. The SMILES string of the molecule is O=C(CCNCCC(=O)NC(CO)(CO)CO)NC(CO)(CO)CO. The van der Waals surface area contributed by atoms with Crippen molar-refractivity contribution < 1.29 is 40.2 Å². The molecule has 148 valence electrons. The van der Waals surface area contributed by atoms with Crippen LogP contribution in [0, 0.1) is 0 Å². The van der Waals surface area contributed by atoms with Crippen molar-refractivity contribution in [1.29, 1.82) is 0 Å². The molecule has 0 radical (unpaired) electrons. The maximum atomic E-state index is 11.7. The molecular weight excluding hydrogens is 338 g/mol. The standard InChI is InChI=1S/C14H29N3O8/c18-5-13(6-19,7-20)16-11(24)1-3-15-4-2-12(25)17-14(8-21,9-22)10-23/h15,18-23H,1-10H2,(H,16,24)(H,17,25). The van der Waals surface area contributed by atoms with Crippen LogP contribution in [-0.2, 0) is 9.59 Å². The molecule has 0 fully saturated rings. The molecule has 0 aromatic heterocycles. The van der Waals surface area contributed by atoms with Crippen LogP contribution in [0.4, 0.5) is 0 Å². The van der Waals surface area contributed by atoms with E-state index in [2.05, 4.69) is 16.0 Å². The van der Waals surface area contributed by atoms with Gasteiger partial charge in [0.2, 0.25) is 11.8 Å². The molecule has 0 aliphatic carbocycles. The summed E-state index contributed by atoms with van der Waals surface area (Å²) in [6.07, 6.45) is -0.00550. The van der Waals surface area contributed by atoms with Gasteiger partial charge in [-0.15, -0.1) is 0 Å². The first-order valence-corrected chi connectivity index (χ1v) is 7.84. The average Bonchev–Trinajstić information content (AvgIpc) is 2.64. The van der Waals surface area contributed by atoms with Gasteiger partial charge in [0.1, 0.15) is 11.1 Å². The molecule has 11 heteroatoms. The molecule has 2 amide bonds. The van der Waals surface area contributed by atoms with E-state index < -0.39 is 62.5 Å². The maximum absolute atomic E-state index is 11.7. The summed E-state index contributed by atoms with van der Waals surface area (Å²) in [7, 11) is 0. The Labute approximate surface area is 145 Å². The summed E-state index contributed by atoms with van der Waals surface area (Å²) in [4.78, 5) is 23.4. The van der Waals surface area contributed by atoms with E-state index in [1.54, 1.807) is 0 Å². The summed E-state index contributed by atoms with van der Waals surface area (Å²) in [6, 6.07) is 0. The first-order valence-electron chi connectivity index (χ1n) is 7.84. The van der Waals surface area contributed by atoms with Crippen molar-refractivity contribution in [2.24, 2.45) is 0 Å². The molecule has 0 aliphatic rings. The Morgan fingerprint density at radius 1 is 0.600 bits per heavy atom. The lowest BCUT2D eigenvalue weighted by Crippen LogP contribution is -2.57. The van der Waals surface area contributed by atoms with Gasteiger partial charge in [0.25, 0.3) is 0 Å². The molecule has 0 spiro atoms. The summed E-state index contributed by atoms with van der Waals surface area (Å²) in [5, 5.41) is 62.1. The summed E-state index contributed by atoms with van der Waals surface area (Å²) in [6.45, 7) is -3.23. The van der Waals surface area contributed by atoms with E-state index in [0.29, 0.717) is 0 Å². The fourth-order valence-electron chi connectivity index (χ4n) is 1.78. The van der Waals surface area contributed by atoms with Crippen molar-refractivity contribution in [2.45, 2.75) is 23.9 Å². The summed E-state index contributed by atoms with van der Waals surface area (Å²) >= 11 is 0. The smallest absolute Gasteiger partial charge is 0.221 e. The van der Waals surface area contributed by atoms with Crippen LogP contribution in [0.1, 0.15) is 12.8 Å².